The first kappa shape index (κ1) is 23.9. The quantitative estimate of drug-likeness (QED) is 0.155. The molecule has 0 saturated heterocycles. The summed E-state index contributed by atoms with van der Waals surface area (Å²) in [6, 6.07) is 48.7. The second kappa shape index (κ2) is 11.3. The van der Waals surface area contributed by atoms with Crippen LogP contribution < -0.4 is 17.8 Å². The molecule has 0 spiro atoms. The van der Waals surface area contributed by atoms with E-state index in [4.69, 9.17) is 0 Å². The summed E-state index contributed by atoms with van der Waals surface area (Å²) < 4.78 is 5.71. The van der Waals surface area contributed by atoms with Gasteiger partial charge in [-0.2, -0.15) is 0 Å². The standard InChI is InChI=1S/C32H22S2Se2/c1-3-15-25(16-4-1)35-29-21-9-13-23-11-7-19-27(31(23)29)33-34-28-20-8-12-24-14-10-22-30(32(24)28)36-26-17-5-2-6-18-26/h1-22H. The Morgan fingerprint density at radius 2 is 0.750 bits per heavy atom. The van der Waals surface area contributed by atoms with E-state index in [-0.39, 0.29) is 29.9 Å². The first-order chi connectivity index (χ1) is 17.8. The van der Waals surface area contributed by atoms with Crippen molar-refractivity contribution in [2.24, 2.45) is 0 Å². The molecule has 0 aliphatic heterocycles. The summed E-state index contributed by atoms with van der Waals surface area (Å²) in [6.45, 7) is 0. The van der Waals surface area contributed by atoms with Crippen LogP contribution in [0.2, 0.25) is 0 Å². The molecule has 4 heteroatoms. The zero-order chi connectivity index (χ0) is 24.2. The summed E-state index contributed by atoms with van der Waals surface area (Å²) in [7, 11) is 3.78. The maximum absolute atomic E-state index is 2.31. The van der Waals surface area contributed by atoms with E-state index in [0.717, 1.165) is 0 Å². The molecule has 0 atom stereocenters. The average Bonchev–Trinajstić information content (AvgIpc) is 2.93. The molecule has 0 nitrogen and oxygen atoms in total. The van der Waals surface area contributed by atoms with Gasteiger partial charge in [-0.05, 0) is 0 Å². The van der Waals surface area contributed by atoms with E-state index in [9.17, 15) is 0 Å². The van der Waals surface area contributed by atoms with Crippen LogP contribution in [-0.4, -0.2) is 29.9 Å². The van der Waals surface area contributed by atoms with Crippen LogP contribution in [0.5, 0.6) is 0 Å². The topological polar surface area (TPSA) is 0 Å². The number of hydrogen-bond acceptors (Lipinski definition) is 2. The monoisotopic (exact) mass is 630 g/mol. The fourth-order valence-corrected chi connectivity index (χ4v) is 11.2. The number of rotatable bonds is 7. The van der Waals surface area contributed by atoms with Crippen LogP contribution in [0.25, 0.3) is 21.5 Å². The molecule has 6 aromatic rings. The Balaban J connectivity index is 1.36. The number of hydrogen-bond donors (Lipinski definition) is 0. The van der Waals surface area contributed by atoms with E-state index < -0.39 is 0 Å². The van der Waals surface area contributed by atoms with Gasteiger partial charge in [0, 0.05) is 0 Å². The van der Waals surface area contributed by atoms with Crippen LogP contribution in [0.4, 0.5) is 0 Å². The van der Waals surface area contributed by atoms with Crippen molar-refractivity contribution in [2.75, 3.05) is 0 Å². The van der Waals surface area contributed by atoms with Gasteiger partial charge in [0.05, 0.1) is 0 Å². The molecule has 0 amide bonds. The van der Waals surface area contributed by atoms with Gasteiger partial charge in [-0.1, -0.05) is 0 Å². The molecular weight excluding hydrogens is 606 g/mol. The predicted octanol–water partition coefficient (Wildman–Crippen LogP) is 6.10. The van der Waals surface area contributed by atoms with Crippen molar-refractivity contribution in [1.29, 1.82) is 0 Å². The van der Waals surface area contributed by atoms with E-state index in [1.54, 1.807) is 0 Å². The van der Waals surface area contributed by atoms with Crippen LogP contribution >= 0.6 is 21.6 Å². The van der Waals surface area contributed by atoms with Gasteiger partial charge in [0.2, 0.25) is 0 Å². The Kier molecular flexibility index (Phi) is 7.53. The van der Waals surface area contributed by atoms with Crippen LogP contribution in [0.1, 0.15) is 0 Å². The van der Waals surface area contributed by atoms with Crippen molar-refractivity contribution >= 4 is 90.9 Å². The molecule has 0 aliphatic carbocycles. The molecular formula is C32H22S2Se2. The van der Waals surface area contributed by atoms with Gasteiger partial charge in [-0.15, -0.1) is 0 Å². The summed E-state index contributed by atoms with van der Waals surface area (Å²) >= 11 is 0.542. The molecule has 0 saturated carbocycles. The SMILES string of the molecule is c1ccc([Se]c2cccc3cccc(SSc4cccc5cccc([Se]c6ccccc6)c45)c23)cc1. The summed E-state index contributed by atoms with van der Waals surface area (Å²) in [5, 5.41) is 5.44. The Morgan fingerprint density at radius 1 is 0.361 bits per heavy atom. The number of fused-ring (bicyclic) bond motifs is 2. The molecule has 0 heterocycles. The van der Waals surface area contributed by atoms with Gasteiger partial charge in [-0.25, -0.2) is 0 Å². The molecule has 0 unspecified atom stereocenters. The van der Waals surface area contributed by atoms with E-state index >= 15 is 0 Å². The summed E-state index contributed by atoms with van der Waals surface area (Å²) in [6.07, 6.45) is 0. The maximum atomic E-state index is 2.31. The summed E-state index contributed by atoms with van der Waals surface area (Å²) in [5.41, 5.74) is 0. The van der Waals surface area contributed by atoms with E-state index in [1.807, 2.05) is 21.6 Å². The fraction of sp³-hybridized carbons (Fsp3) is 0. The molecule has 0 radical (unpaired) electrons. The van der Waals surface area contributed by atoms with Crippen LogP contribution in [-0.2, 0) is 0 Å². The molecule has 174 valence electrons. The fourth-order valence-electron chi connectivity index (χ4n) is 4.18. The van der Waals surface area contributed by atoms with Crippen molar-refractivity contribution < 1.29 is 0 Å². The van der Waals surface area contributed by atoms with Crippen molar-refractivity contribution in [3.8, 4) is 0 Å². The second-order valence-corrected chi connectivity index (χ2v) is 15.1. The van der Waals surface area contributed by atoms with Gasteiger partial charge in [0.1, 0.15) is 0 Å². The molecule has 6 rings (SSSR count). The van der Waals surface area contributed by atoms with Crippen molar-refractivity contribution in [2.45, 2.75) is 9.79 Å². The molecule has 6 aromatic carbocycles. The number of benzene rings is 6. The van der Waals surface area contributed by atoms with Crippen LogP contribution in [0.15, 0.2) is 143 Å². The molecule has 0 aromatic heterocycles. The summed E-state index contributed by atoms with van der Waals surface area (Å²) in [4.78, 5) is 2.68. The first-order valence-corrected chi connectivity index (χ1v) is 17.3. The minimum atomic E-state index is 0.271. The third kappa shape index (κ3) is 5.31. The van der Waals surface area contributed by atoms with E-state index in [2.05, 4.69) is 133 Å². The first-order valence-electron chi connectivity index (χ1n) is 11.7. The zero-order valence-electron chi connectivity index (χ0n) is 19.3. The zero-order valence-corrected chi connectivity index (χ0v) is 24.4. The van der Waals surface area contributed by atoms with Crippen molar-refractivity contribution in [3.05, 3.63) is 133 Å². The van der Waals surface area contributed by atoms with Gasteiger partial charge >= 0.3 is 234 Å². The Hall–Kier alpha value is -2.42. The summed E-state index contributed by atoms with van der Waals surface area (Å²) in [5.74, 6) is 0. The Bertz CT molecular complexity index is 1500. The van der Waals surface area contributed by atoms with E-state index in [1.165, 1.54) is 49.2 Å². The van der Waals surface area contributed by atoms with Crippen LogP contribution in [0.3, 0.4) is 0 Å². The van der Waals surface area contributed by atoms with Gasteiger partial charge in [0.25, 0.3) is 0 Å². The van der Waals surface area contributed by atoms with Crippen molar-refractivity contribution in [3.63, 3.8) is 0 Å². The average molecular weight is 629 g/mol. The Labute approximate surface area is 232 Å². The normalized spacial score (nSPS) is 11.2. The van der Waals surface area contributed by atoms with E-state index in [0.29, 0.717) is 0 Å². The molecule has 0 N–H and O–H groups in total. The van der Waals surface area contributed by atoms with Gasteiger partial charge in [0.15, 0.2) is 0 Å². The van der Waals surface area contributed by atoms with Crippen molar-refractivity contribution in [1.82, 2.24) is 0 Å². The predicted molar refractivity (Wildman–Crippen MR) is 163 cm³/mol. The van der Waals surface area contributed by atoms with Gasteiger partial charge < -0.3 is 0 Å². The Morgan fingerprint density at radius 3 is 1.17 bits per heavy atom. The third-order valence-corrected chi connectivity index (χ3v) is 12.8. The molecule has 36 heavy (non-hydrogen) atoms. The second-order valence-electron chi connectivity index (χ2n) is 8.22. The molecule has 0 aliphatic rings. The third-order valence-electron chi connectivity index (χ3n) is 5.82. The van der Waals surface area contributed by atoms with Crippen LogP contribution in [0, 0.1) is 0 Å². The molecule has 0 bridgehead atoms. The minimum absolute atomic E-state index is 0.271. The molecule has 0 fully saturated rings. The van der Waals surface area contributed by atoms with Gasteiger partial charge in [-0.3, -0.25) is 0 Å².